The van der Waals surface area contributed by atoms with E-state index in [4.69, 9.17) is 0 Å². The summed E-state index contributed by atoms with van der Waals surface area (Å²) in [6, 6.07) is 5.78. The lowest BCUT2D eigenvalue weighted by atomic mass is 9.97. The van der Waals surface area contributed by atoms with Crippen LogP contribution in [0, 0.1) is 5.41 Å². The molecule has 2 atom stereocenters. The molecule has 1 aliphatic heterocycles. The van der Waals surface area contributed by atoms with Crippen LogP contribution in [0.15, 0.2) is 41.8 Å². The molecule has 0 amide bonds. The van der Waals surface area contributed by atoms with Crippen molar-refractivity contribution in [3.63, 3.8) is 0 Å². The lowest BCUT2D eigenvalue weighted by Crippen LogP contribution is -2.23. The molecule has 5 rings (SSSR count). The molecule has 1 saturated heterocycles. The lowest BCUT2D eigenvalue weighted by molar-refractivity contribution is -0.137. The second-order valence-electron chi connectivity index (χ2n) is 9.23. The molecule has 3 aromatic rings. The third-order valence-corrected chi connectivity index (χ3v) is 8.05. The first-order valence-electron chi connectivity index (χ1n) is 11.2. The van der Waals surface area contributed by atoms with Crippen LogP contribution in [-0.2, 0) is 20.3 Å². The first-order valence-corrected chi connectivity index (χ1v) is 12.1. The molecule has 3 heterocycles. The van der Waals surface area contributed by atoms with E-state index in [2.05, 4.69) is 20.2 Å². The molecule has 11 heteroatoms. The molecule has 0 radical (unpaired) electrons. The number of rotatable bonds is 7. The van der Waals surface area contributed by atoms with Gasteiger partial charge in [0.15, 0.2) is 11.0 Å². The van der Waals surface area contributed by atoms with Crippen LogP contribution in [-0.4, -0.2) is 54.8 Å². The van der Waals surface area contributed by atoms with Crippen molar-refractivity contribution >= 4 is 24.2 Å². The van der Waals surface area contributed by atoms with E-state index in [1.165, 1.54) is 12.1 Å². The minimum absolute atomic E-state index is 0. The average Bonchev–Trinajstić information content (AvgIpc) is 3.06. The number of hydrogen-bond donors (Lipinski definition) is 0. The number of hydrogen-bond acceptors (Lipinski definition) is 5. The summed E-state index contributed by atoms with van der Waals surface area (Å²) in [7, 11) is 3.86. The van der Waals surface area contributed by atoms with Gasteiger partial charge in [0.2, 0.25) is 0 Å². The molecule has 2 aromatic heterocycles. The van der Waals surface area contributed by atoms with E-state index < -0.39 is 11.7 Å². The molecule has 2 fully saturated rings. The van der Waals surface area contributed by atoms with Crippen molar-refractivity contribution in [2.45, 2.75) is 36.5 Å². The van der Waals surface area contributed by atoms with Crippen LogP contribution in [0.2, 0.25) is 0 Å². The zero-order chi connectivity index (χ0) is 23.2. The fourth-order valence-corrected chi connectivity index (χ4v) is 5.86. The highest BCUT2D eigenvalue weighted by Crippen LogP contribution is 2.64. The van der Waals surface area contributed by atoms with E-state index in [1.807, 2.05) is 24.9 Å². The molecule has 1 aromatic carbocycles. The standard InChI is InChI=1S/C23H27F3N6S.ClH/c1-30-14-17(13-27-30)20-28-29-21(31(20)2)33-11-3-9-32-10-8-22(15-32)12-19(22)16-4-6-18(7-5-16)23(24,25)26;/h4-7,13-14,19H,3,8-12,15H2,1-2H3;1H/t19-,22+;/m1./s1. The zero-order valence-corrected chi connectivity index (χ0v) is 20.8. The number of aromatic nitrogens is 5. The fourth-order valence-electron chi connectivity index (χ4n) is 5.03. The van der Waals surface area contributed by atoms with Gasteiger partial charge in [-0.1, -0.05) is 23.9 Å². The molecule has 1 saturated carbocycles. The Morgan fingerprint density at radius 1 is 1.15 bits per heavy atom. The van der Waals surface area contributed by atoms with Gasteiger partial charge in [0.05, 0.1) is 17.3 Å². The molecule has 1 aliphatic carbocycles. The number of aryl methyl sites for hydroxylation is 1. The quantitative estimate of drug-likeness (QED) is 0.329. The van der Waals surface area contributed by atoms with Crippen LogP contribution >= 0.6 is 24.2 Å². The fraction of sp³-hybridized carbons (Fsp3) is 0.522. The van der Waals surface area contributed by atoms with Gasteiger partial charge >= 0.3 is 6.18 Å². The molecular weight excluding hydrogens is 485 g/mol. The van der Waals surface area contributed by atoms with Gasteiger partial charge in [-0.15, -0.1) is 22.6 Å². The average molecular weight is 513 g/mol. The van der Waals surface area contributed by atoms with Crippen molar-refractivity contribution in [1.29, 1.82) is 0 Å². The predicted molar refractivity (Wildman–Crippen MR) is 128 cm³/mol. The smallest absolute Gasteiger partial charge is 0.305 e. The maximum atomic E-state index is 12.8. The Bertz CT molecular complexity index is 1130. The first kappa shape index (κ1) is 25.1. The second kappa shape index (κ2) is 9.54. The normalized spacial score (nSPS) is 22.3. The number of likely N-dealkylation sites (tertiary alicyclic amines) is 1. The van der Waals surface area contributed by atoms with Crippen molar-refractivity contribution in [3.05, 3.63) is 47.8 Å². The molecular formula is C23H28ClF3N6S. The molecule has 0 bridgehead atoms. The molecule has 0 N–H and O–H groups in total. The Morgan fingerprint density at radius 3 is 2.59 bits per heavy atom. The monoisotopic (exact) mass is 512 g/mol. The Balaban J connectivity index is 0.00000274. The minimum atomic E-state index is -4.27. The number of halogens is 4. The van der Waals surface area contributed by atoms with Crippen LogP contribution in [0.5, 0.6) is 0 Å². The minimum Gasteiger partial charge on any atom is -0.305 e. The Hall–Kier alpha value is -2.04. The summed E-state index contributed by atoms with van der Waals surface area (Å²) in [6.07, 6.45) is 2.71. The highest BCUT2D eigenvalue weighted by molar-refractivity contribution is 7.99. The number of nitrogens with zero attached hydrogens (tertiary/aromatic N) is 6. The SMILES string of the molecule is Cl.Cn1cc(-c2nnc(SCCCN3CC[C@]4(C[C@@H]4c4ccc(C(F)(F)F)cc4)C3)n2C)cn1. The molecule has 2 aliphatic rings. The summed E-state index contributed by atoms with van der Waals surface area (Å²) in [5, 5.41) is 13.7. The van der Waals surface area contributed by atoms with Gasteiger partial charge in [-0.05, 0) is 61.4 Å². The number of alkyl halides is 3. The maximum absolute atomic E-state index is 12.8. The maximum Gasteiger partial charge on any atom is 0.416 e. The van der Waals surface area contributed by atoms with Gasteiger partial charge in [-0.3, -0.25) is 4.68 Å². The summed E-state index contributed by atoms with van der Waals surface area (Å²) in [4.78, 5) is 2.50. The van der Waals surface area contributed by atoms with Crippen molar-refractivity contribution in [1.82, 2.24) is 29.4 Å². The van der Waals surface area contributed by atoms with Gasteiger partial charge < -0.3 is 9.47 Å². The Kier molecular flexibility index (Phi) is 7.04. The van der Waals surface area contributed by atoms with Gasteiger partial charge in [-0.2, -0.15) is 18.3 Å². The van der Waals surface area contributed by atoms with Crippen LogP contribution in [0.4, 0.5) is 13.2 Å². The summed E-state index contributed by atoms with van der Waals surface area (Å²) >= 11 is 1.71. The van der Waals surface area contributed by atoms with E-state index in [1.54, 1.807) is 34.8 Å². The summed E-state index contributed by atoms with van der Waals surface area (Å²) in [5.41, 5.74) is 1.69. The summed E-state index contributed by atoms with van der Waals surface area (Å²) < 4.78 is 42.2. The van der Waals surface area contributed by atoms with E-state index >= 15 is 0 Å². The highest BCUT2D eigenvalue weighted by atomic mass is 35.5. The molecule has 34 heavy (non-hydrogen) atoms. The Labute approximate surface area is 207 Å². The van der Waals surface area contributed by atoms with Crippen molar-refractivity contribution < 1.29 is 13.2 Å². The highest BCUT2D eigenvalue weighted by Gasteiger charge is 2.57. The number of thioether (sulfide) groups is 1. The van der Waals surface area contributed by atoms with Crippen LogP contribution in [0.25, 0.3) is 11.4 Å². The van der Waals surface area contributed by atoms with Gasteiger partial charge in [0.1, 0.15) is 0 Å². The topological polar surface area (TPSA) is 51.8 Å². The lowest BCUT2D eigenvalue weighted by Gasteiger charge is -2.16. The third-order valence-electron chi connectivity index (χ3n) is 6.94. The van der Waals surface area contributed by atoms with Gasteiger partial charge in [0.25, 0.3) is 0 Å². The van der Waals surface area contributed by atoms with Crippen molar-refractivity contribution in [3.8, 4) is 11.4 Å². The second-order valence-corrected chi connectivity index (χ2v) is 10.3. The van der Waals surface area contributed by atoms with Crippen LogP contribution < -0.4 is 0 Å². The zero-order valence-electron chi connectivity index (χ0n) is 19.1. The first-order chi connectivity index (χ1) is 15.7. The van der Waals surface area contributed by atoms with Gasteiger partial charge in [0, 0.05) is 32.6 Å². The predicted octanol–water partition coefficient (Wildman–Crippen LogP) is 5.02. The van der Waals surface area contributed by atoms with Crippen LogP contribution in [0.3, 0.4) is 0 Å². The summed E-state index contributed by atoms with van der Waals surface area (Å²) in [5.74, 6) is 2.17. The van der Waals surface area contributed by atoms with Crippen molar-refractivity contribution in [2.75, 3.05) is 25.4 Å². The number of benzene rings is 1. The largest absolute Gasteiger partial charge is 0.416 e. The van der Waals surface area contributed by atoms with Crippen LogP contribution in [0.1, 0.15) is 36.3 Å². The van der Waals surface area contributed by atoms with E-state index in [0.717, 1.165) is 66.8 Å². The summed E-state index contributed by atoms with van der Waals surface area (Å²) in [6.45, 7) is 3.14. The van der Waals surface area contributed by atoms with Gasteiger partial charge in [-0.25, -0.2) is 0 Å². The molecule has 1 spiro atoms. The van der Waals surface area contributed by atoms with Crippen molar-refractivity contribution in [2.24, 2.45) is 19.5 Å². The Morgan fingerprint density at radius 2 is 1.91 bits per heavy atom. The molecule has 184 valence electrons. The van der Waals surface area contributed by atoms with E-state index in [0.29, 0.717) is 5.92 Å². The molecule has 0 unspecified atom stereocenters. The van der Waals surface area contributed by atoms with E-state index in [9.17, 15) is 13.2 Å². The third kappa shape index (κ3) is 4.99. The van der Waals surface area contributed by atoms with E-state index in [-0.39, 0.29) is 17.8 Å². The molecule has 6 nitrogen and oxygen atoms in total.